The normalized spacial score (nSPS) is 15.6. The first kappa shape index (κ1) is 22.4. The summed E-state index contributed by atoms with van der Waals surface area (Å²) in [4.78, 5) is 9.88. The summed E-state index contributed by atoms with van der Waals surface area (Å²) in [6, 6.07) is 13.4. The smallest absolute Gasteiger partial charge is 0.243 e. The van der Waals surface area contributed by atoms with E-state index in [1.54, 1.807) is 23.9 Å². The minimum Gasteiger partial charge on any atom is -0.379 e. The Balaban J connectivity index is 1.46. The Hall–Kier alpha value is -2.40. The molecule has 0 radical (unpaired) electrons. The number of sulfonamides is 1. The lowest BCUT2D eigenvalue weighted by Crippen LogP contribution is -2.40. The van der Waals surface area contributed by atoms with Crippen LogP contribution in [0.2, 0.25) is 0 Å². The van der Waals surface area contributed by atoms with Gasteiger partial charge in [0.25, 0.3) is 0 Å². The quantitative estimate of drug-likeness (QED) is 0.372. The van der Waals surface area contributed by atoms with Gasteiger partial charge in [0.05, 0.1) is 45.9 Å². The summed E-state index contributed by atoms with van der Waals surface area (Å²) in [6.45, 7) is 4.57. The summed E-state index contributed by atoms with van der Waals surface area (Å²) >= 11 is 1.64. The van der Waals surface area contributed by atoms with Crippen LogP contribution in [0.1, 0.15) is 19.2 Å². The molecule has 1 fully saturated rings. The molecule has 0 N–H and O–H groups in total. The highest BCUT2D eigenvalue weighted by atomic mass is 32.2. The Kier molecular flexibility index (Phi) is 6.17. The minimum atomic E-state index is -3.56. The third kappa shape index (κ3) is 4.16. The number of imidazole rings is 2. The van der Waals surface area contributed by atoms with E-state index in [1.807, 2.05) is 31.3 Å². The molecular formula is C23H27N5O3S2. The predicted molar refractivity (Wildman–Crippen MR) is 130 cm³/mol. The van der Waals surface area contributed by atoms with Crippen LogP contribution >= 0.6 is 11.8 Å². The second-order valence-corrected chi connectivity index (χ2v) is 11.0. The topological polar surface area (TPSA) is 82.2 Å². The van der Waals surface area contributed by atoms with Gasteiger partial charge in [-0.15, -0.1) is 0 Å². The number of hydrogen-bond acceptors (Lipinski definition) is 6. The number of nitrogens with zero attached hydrogens (tertiary/aromatic N) is 5. The fourth-order valence-corrected chi connectivity index (χ4v) is 6.58. The summed E-state index contributed by atoms with van der Waals surface area (Å²) in [5, 5.41) is 0.932. The van der Waals surface area contributed by atoms with E-state index in [1.165, 1.54) is 4.31 Å². The molecule has 33 heavy (non-hydrogen) atoms. The third-order valence-electron chi connectivity index (χ3n) is 5.93. The first-order valence-corrected chi connectivity index (χ1v) is 13.5. The van der Waals surface area contributed by atoms with Crippen molar-refractivity contribution >= 4 is 43.9 Å². The van der Waals surface area contributed by atoms with Gasteiger partial charge in [0.2, 0.25) is 10.0 Å². The van der Waals surface area contributed by atoms with Gasteiger partial charge in [-0.25, -0.2) is 18.4 Å². The van der Waals surface area contributed by atoms with Crippen molar-refractivity contribution in [2.45, 2.75) is 35.7 Å². The van der Waals surface area contributed by atoms with Crippen LogP contribution in [-0.2, 0) is 34.1 Å². The molecule has 8 nitrogen and oxygen atoms in total. The SMILES string of the molecule is CCCn1c(CSc2nc3ccccc3n2C)nc2cc(S(=O)(=O)N3CCOCC3)ccc21. The summed E-state index contributed by atoms with van der Waals surface area (Å²) in [7, 11) is -1.54. The molecule has 2 aromatic carbocycles. The van der Waals surface area contributed by atoms with Crippen LogP contribution < -0.4 is 0 Å². The molecule has 0 amide bonds. The average molecular weight is 486 g/mol. The van der Waals surface area contributed by atoms with Crippen LogP contribution in [0.4, 0.5) is 0 Å². The maximum absolute atomic E-state index is 13.1. The van der Waals surface area contributed by atoms with Crippen LogP contribution in [0.3, 0.4) is 0 Å². The molecule has 1 aliphatic rings. The molecule has 3 heterocycles. The van der Waals surface area contributed by atoms with Gasteiger partial charge in [0, 0.05) is 26.7 Å². The molecule has 5 rings (SSSR count). The first-order chi connectivity index (χ1) is 16.0. The zero-order valence-corrected chi connectivity index (χ0v) is 20.4. The molecule has 174 valence electrons. The monoisotopic (exact) mass is 485 g/mol. The van der Waals surface area contributed by atoms with E-state index in [-0.39, 0.29) is 4.90 Å². The van der Waals surface area contributed by atoms with Gasteiger partial charge in [-0.05, 0) is 36.8 Å². The largest absolute Gasteiger partial charge is 0.379 e. The van der Waals surface area contributed by atoms with Crippen LogP contribution in [0, 0.1) is 0 Å². The number of aryl methyl sites for hydroxylation is 2. The van der Waals surface area contributed by atoms with E-state index in [0.717, 1.165) is 40.5 Å². The van der Waals surface area contributed by atoms with E-state index in [2.05, 4.69) is 22.1 Å². The number of rotatable bonds is 7. The number of benzene rings is 2. The Morgan fingerprint density at radius 2 is 1.82 bits per heavy atom. The van der Waals surface area contributed by atoms with Gasteiger partial charge in [-0.2, -0.15) is 4.31 Å². The highest BCUT2D eigenvalue weighted by molar-refractivity contribution is 7.98. The second-order valence-electron chi connectivity index (χ2n) is 8.08. The van der Waals surface area contributed by atoms with Crippen LogP contribution in [-0.4, -0.2) is 58.1 Å². The fourth-order valence-electron chi connectivity index (χ4n) is 4.22. The molecule has 0 spiro atoms. The van der Waals surface area contributed by atoms with Crippen molar-refractivity contribution in [3.63, 3.8) is 0 Å². The average Bonchev–Trinajstić information content (AvgIpc) is 3.35. The molecule has 1 aliphatic heterocycles. The van der Waals surface area contributed by atoms with Gasteiger partial charge in [-0.3, -0.25) is 0 Å². The number of aromatic nitrogens is 4. The highest BCUT2D eigenvalue weighted by Crippen LogP contribution is 2.29. The Bertz CT molecular complexity index is 1400. The van der Waals surface area contributed by atoms with E-state index in [4.69, 9.17) is 14.7 Å². The third-order valence-corrected chi connectivity index (χ3v) is 8.85. The lowest BCUT2D eigenvalue weighted by Gasteiger charge is -2.26. The van der Waals surface area contributed by atoms with Crippen LogP contribution in [0.25, 0.3) is 22.1 Å². The van der Waals surface area contributed by atoms with Crippen molar-refractivity contribution in [1.82, 2.24) is 23.4 Å². The van der Waals surface area contributed by atoms with Crippen molar-refractivity contribution in [2.75, 3.05) is 26.3 Å². The number of para-hydroxylation sites is 2. The predicted octanol–water partition coefficient (Wildman–Crippen LogP) is 3.65. The molecule has 1 saturated heterocycles. The summed E-state index contributed by atoms with van der Waals surface area (Å²) < 4.78 is 37.3. The van der Waals surface area contributed by atoms with Gasteiger partial charge in [-0.1, -0.05) is 30.8 Å². The van der Waals surface area contributed by atoms with Gasteiger partial charge < -0.3 is 13.9 Å². The van der Waals surface area contributed by atoms with Gasteiger partial charge in [0.15, 0.2) is 5.16 Å². The molecule has 0 atom stereocenters. The maximum atomic E-state index is 13.1. The zero-order chi connectivity index (χ0) is 23.0. The van der Waals surface area contributed by atoms with Crippen LogP contribution in [0.5, 0.6) is 0 Å². The van der Waals surface area contributed by atoms with Gasteiger partial charge >= 0.3 is 0 Å². The lowest BCUT2D eigenvalue weighted by molar-refractivity contribution is 0.0730. The Morgan fingerprint density at radius 3 is 2.58 bits per heavy atom. The van der Waals surface area contributed by atoms with Gasteiger partial charge in [0.1, 0.15) is 5.82 Å². The molecule has 10 heteroatoms. The number of ether oxygens (including phenoxy) is 1. The molecule has 0 bridgehead atoms. The first-order valence-electron chi connectivity index (χ1n) is 11.1. The Labute approximate surface area is 197 Å². The number of morpholine rings is 1. The van der Waals surface area contributed by atoms with Crippen molar-refractivity contribution in [2.24, 2.45) is 7.05 Å². The molecule has 4 aromatic rings. The second kappa shape index (κ2) is 9.09. The van der Waals surface area contributed by atoms with Crippen molar-refractivity contribution in [3.8, 4) is 0 Å². The zero-order valence-electron chi connectivity index (χ0n) is 18.8. The minimum absolute atomic E-state index is 0.285. The molecular weight excluding hydrogens is 458 g/mol. The van der Waals surface area contributed by atoms with Crippen molar-refractivity contribution in [3.05, 3.63) is 48.3 Å². The van der Waals surface area contributed by atoms with E-state index < -0.39 is 10.0 Å². The van der Waals surface area contributed by atoms with E-state index in [0.29, 0.717) is 37.6 Å². The maximum Gasteiger partial charge on any atom is 0.243 e. The van der Waals surface area contributed by atoms with E-state index in [9.17, 15) is 8.42 Å². The number of fused-ring (bicyclic) bond motifs is 2. The fraction of sp³-hybridized carbons (Fsp3) is 0.391. The summed E-state index contributed by atoms with van der Waals surface area (Å²) in [5.74, 6) is 1.57. The summed E-state index contributed by atoms with van der Waals surface area (Å²) in [5.41, 5.74) is 3.74. The summed E-state index contributed by atoms with van der Waals surface area (Å²) in [6.07, 6.45) is 0.962. The standard InChI is InChI=1S/C23H27N5O3S2/c1-3-10-28-21-9-8-17(33(29,30)27-11-13-31-14-12-27)15-19(21)24-22(28)16-32-23-25-18-6-4-5-7-20(18)26(23)2/h4-9,15H,3,10-14,16H2,1-2H3. The molecule has 0 aliphatic carbocycles. The number of hydrogen-bond donors (Lipinski definition) is 0. The molecule has 2 aromatic heterocycles. The van der Waals surface area contributed by atoms with Crippen LogP contribution in [0.15, 0.2) is 52.5 Å². The highest BCUT2D eigenvalue weighted by Gasteiger charge is 2.27. The van der Waals surface area contributed by atoms with Crippen molar-refractivity contribution in [1.29, 1.82) is 0 Å². The lowest BCUT2D eigenvalue weighted by atomic mass is 10.3. The molecule has 0 saturated carbocycles. The molecule has 0 unspecified atom stereocenters. The van der Waals surface area contributed by atoms with E-state index >= 15 is 0 Å². The Morgan fingerprint density at radius 1 is 1.03 bits per heavy atom. The van der Waals surface area contributed by atoms with Crippen molar-refractivity contribution < 1.29 is 13.2 Å². The number of thioether (sulfide) groups is 1.